The fraction of sp³-hybridized carbons (Fsp3) is 0.481. The van der Waals surface area contributed by atoms with E-state index in [-0.39, 0.29) is 23.2 Å². The van der Waals surface area contributed by atoms with Crippen LogP contribution in [0.3, 0.4) is 0 Å². The maximum Gasteiger partial charge on any atom is 0.270 e. The Morgan fingerprint density at radius 3 is 2.47 bits per heavy atom. The third kappa shape index (κ3) is 4.78. The van der Waals surface area contributed by atoms with Gasteiger partial charge in [-0.3, -0.25) is 9.59 Å². The monoisotopic (exact) mass is 531 g/mol. The molecule has 9 heteroatoms. The third-order valence-electron chi connectivity index (χ3n) is 7.54. The van der Waals surface area contributed by atoms with Crippen molar-refractivity contribution >= 4 is 45.0 Å². The maximum atomic E-state index is 13.7. The quantitative estimate of drug-likeness (QED) is 0.535. The smallest absolute Gasteiger partial charge is 0.270 e. The molecule has 3 aliphatic rings. The van der Waals surface area contributed by atoms with E-state index in [9.17, 15) is 18.0 Å². The average Bonchev–Trinajstić information content (AvgIpc) is 3.41. The SMILES string of the molecule is CCC[C@@H]1C(=O)N(S(=O)(=O)c2ccc3ccccc3c2)C2=CCN(C(=O)CCN3CCCCC3)[C@H]21.Cl. The Bertz CT molecular complexity index is 1270. The summed E-state index contributed by atoms with van der Waals surface area (Å²) in [5.41, 5.74) is 0.438. The van der Waals surface area contributed by atoms with Crippen LogP contribution < -0.4 is 0 Å². The Balaban J connectivity index is 0.00000304. The van der Waals surface area contributed by atoms with Gasteiger partial charge in [-0.05, 0) is 61.3 Å². The zero-order valence-corrected chi connectivity index (χ0v) is 22.3. The molecule has 3 aliphatic heterocycles. The van der Waals surface area contributed by atoms with E-state index in [0.29, 0.717) is 31.6 Å². The second kappa shape index (κ2) is 10.9. The number of sulfonamides is 1. The van der Waals surface area contributed by atoms with Crippen LogP contribution in [-0.2, 0) is 19.6 Å². The molecule has 0 N–H and O–H groups in total. The molecule has 5 rings (SSSR count). The first-order valence-corrected chi connectivity index (χ1v) is 14.2. The van der Waals surface area contributed by atoms with Crippen LogP contribution in [0.15, 0.2) is 59.1 Å². The molecule has 3 heterocycles. The lowest BCUT2D eigenvalue weighted by Gasteiger charge is -2.30. The number of hydrogen-bond donors (Lipinski definition) is 0. The number of benzene rings is 2. The van der Waals surface area contributed by atoms with Crippen molar-refractivity contribution in [1.29, 1.82) is 0 Å². The largest absolute Gasteiger partial charge is 0.329 e. The summed E-state index contributed by atoms with van der Waals surface area (Å²) in [6.45, 7) is 5.08. The van der Waals surface area contributed by atoms with Crippen molar-refractivity contribution in [3.8, 4) is 0 Å². The standard InChI is InChI=1S/C27H33N3O4S.ClH/c1-2-8-23-26-24(13-18-29(26)25(31)14-17-28-15-6-3-7-16-28)30(27(23)32)35(33,34)22-12-11-20-9-4-5-10-21(20)19-22;/h4-5,9-13,19,23,26H,2-3,6-8,14-18H2,1H3;1H/t23-,26-;/m0./s1. The van der Waals surface area contributed by atoms with Gasteiger partial charge < -0.3 is 9.80 Å². The summed E-state index contributed by atoms with van der Waals surface area (Å²) < 4.78 is 28.5. The molecule has 2 fully saturated rings. The Morgan fingerprint density at radius 1 is 1.03 bits per heavy atom. The van der Waals surface area contributed by atoms with Crippen molar-refractivity contribution in [2.75, 3.05) is 26.2 Å². The highest BCUT2D eigenvalue weighted by Crippen LogP contribution is 2.42. The number of hydrogen-bond acceptors (Lipinski definition) is 5. The first kappa shape index (κ1) is 26.6. The molecule has 7 nitrogen and oxygen atoms in total. The Hall–Kier alpha value is -2.42. The van der Waals surface area contributed by atoms with Gasteiger partial charge >= 0.3 is 0 Å². The molecular weight excluding hydrogens is 498 g/mol. The van der Waals surface area contributed by atoms with Gasteiger partial charge in [-0.25, -0.2) is 12.7 Å². The molecule has 0 unspecified atom stereocenters. The molecule has 0 radical (unpaired) electrons. The molecule has 2 saturated heterocycles. The van der Waals surface area contributed by atoms with Crippen LogP contribution >= 0.6 is 12.4 Å². The highest BCUT2D eigenvalue weighted by molar-refractivity contribution is 7.89. The van der Waals surface area contributed by atoms with Crippen molar-refractivity contribution in [3.05, 3.63) is 54.2 Å². The molecule has 0 saturated carbocycles. The molecular formula is C27H34ClN3O4S. The fourth-order valence-corrected chi connectivity index (χ4v) is 7.30. The van der Waals surface area contributed by atoms with Crippen molar-refractivity contribution in [2.45, 2.75) is 56.4 Å². The first-order chi connectivity index (χ1) is 16.9. The molecule has 36 heavy (non-hydrogen) atoms. The molecule has 2 aromatic rings. The van der Waals surface area contributed by atoms with Crippen molar-refractivity contribution in [1.82, 2.24) is 14.1 Å². The molecule has 0 aliphatic carbocycles. The summed E-state index contributed by atoms with van der Waals surface area (Å²) in [7, 11) is -4.09. The lowest BCUT2D eigenvalue weighted by atomic mass is 9.96. The topological polar surface area (TPSA) is 78.0 Å². The molecule has 2 aromatic carbocycles. The second-order valence-corrected chi connectivity index (χ2v) is 11.6. The summed E-state index contributed by atoms with van der Waals surface area (Å²) in [5.74, 6) is -0.974. The number of piperidine rings is 1. The van der Waals surface area contributed by atoms with Gasteiger partial charge in [-0.15, -0.1) is 12.4 Å². The Labute approximate surface area is 219 Å². The average molecular weight is 532 g/mol. The van der Waals surface area contributed by atoms with Crippen LogP contribution in [0.2, 0.25) is 0 Å². The number of rotatable bonds is 7. The zero-order valence-electron chi connectivity index (χ0n) is 20.6. The van der Waals surface area contributed by atoms with Gasteiger partial charge in [-0.2, -0.15) is 0 Å². The highest BCUT2D eigenvalue weighted by atomic mass is 35.5. The normalized spacial score (nSPS) is 22.5. The van der Waals surface area contributed by atoms with E-state index in [0.717, 1.165) is 34.6 Å². The lowest BCUT2D eigenvalue weighted by molar-refractivity contribution is -0.134. The van der Waals surface area contributed by atoms with Gasteiger partial charge in [0.25, 0.3) is 10.0 Å². The van der Waals surface area contributed by atoms with Crippen LogP contribution in [0.1, 0.15) is 45.4 Å². The molecule has 194 valence electrons. The van der Waals surface area contributed by atoms with Gasteiger partial charge in [0.1, 0.15) is 0 Å². The van der Waals surface area contributed by atoms with Crippen molar-refractivity contribution < 1.29 is 18.0 Å². The van der Waals surface area contributed by atoms with Gasteiger partial charge in [0.15, 0.2) is 0 Å². The predicted octanol–water partition coefficient (Wildman–Crippen LogP) is 4.18. The van der Waals surface area contributed by atoms with Crippen molar-refractivity contribution in [3.63, 3.8) is 0 Å². The first-order valence-electron chi connectivity index (χ1n) is 12.7. The molecule has 2 atom stereocenters. The summed E-state index contributed by atoms with van der Waals surface area (Å²) in [6, 6.07) is 12.0. The minimum atomic E-state index is -4.09. The Kier molecular flexibility index (Phi) is 8.07. The molecule has 0 bridgehead atoms. The maximum absolute atomic E-state index is 13.7. The number of fused-ring (bicyclic) bond motifs is 2. The van der Waals surface area contributed by atoms with Gasteiger partial charge in [0.05, 0.1) is 22.6 Å². The zero-order chi connectivity index (χ0) is 24.6. The van der Waals surface area contributed by atoms with Gasteiger partial charge in [-0.1, -0.05) is 50.1 Å². The number of halogens is 1. The summed E-state index contributed by atoms with van der Waals surface area (Å²) in [5, 5.41) is 1.74. The summed E-state index contributed by atoms with van der Waals surface area (Å²) >= 11 is 0. The number of likely N-dealkylation sites (tertiary alicyclic amines) is 1. The highest BCUT2D eigenvalue weighted by Gasteiger charge is 2.54. The van der Waals surface area contributed by atoms with Crippen molar-refractivity contribution in [2.24, 2.45) is 5.92 Å². The van der Waals surface area contributed by atoms with Crippen LogP contribution in [0.5, 0.6) is 0 Å². The van der Waals surface area contributed by atoms with E-state index in [1.54, 1.807) is 29.2 Å². The van der Waals surface area contributed by atoms with Crippen LogP contribution in [0.4, 0.5) is 0 Å². The number of carbonyl (C=O) groups excluding carboxylic acids is 2. The summed E-state index contributed by atoms with van der Waals surface area (Å²) in [6.07, 6.45) is 7.01. The van der Waals surface area contributed by atoms with E-state index >= 15 is 0 Å². The number of nitrogens with zero attached hydrogens (tertiary/aromatic N) is 3. The van der Waals surface area contributed by atoms with Crippen LogP contribution in [-0.4, -0.2) is 66.6 Å². The minimum absolute atomic E-state index is 0. The number of carbonyl (C=O) groups is 2. The molecule has 0 spiro atoms. The lowest BCUT2D eigenvalue weighted by Crippen LogP contribution is -2.42. The molecule has 2 amide bonds. The third-order valence-corrected chi connectivity index (χ3v) is 9.26. The number of amides is 2. The van der Waals surface area contributed by atoms with E-state index in [2.05, 4.69) is 4.90 Å². The second-order valence-electron chi connectivity index (χ2n) is 9.78. The molecule has 0 aromatic heterocycles. The van der Waals surface area contributed by atoms with E-state index in [1.807, 2.05) is 31.2 Å². The summed E-state index contributed by atoms with van der Waals surface area (Å²) in [4.78, 5) is 30.9. The van der Waals surface area contributed by atoms with Gasteiger partial charge in [0, 0.05) is 19.5 Å². The van der Waals surface area contributed by atoms with Crippen LogP contribution in [0, 0.1) is 5.92 Å². The van der Waals surface area contributed by atoms with Crippen LogP contribution in [0.25, 0.3) is 10.8 Å². The van der Waals surface area contributed by atoms with Gasteiger partial charge in [0.2, 0.25) is 11.8 Å². The minimum Gasteiger partial charge on any atom is -0.329 e. The Morgan fingerprint density at radius 2 is 1.75 bits per heavy atom. The van der Waals surface area contributed by atoms with E-state index < -0.39 is 27.9 Å². The van der Waals surface area contributed by atoms with E-state index in [4.69, 9.17) is 0 Å². The predicted molar refractivity (Wildman–Crippen MR) is 142 cm³/mol. The fourth-order valence-electron chi connectivity index (χ4n) is 5.75. The van der Waals surface area contributed by atoms with E-state index in [1.165, 1.54) is 19.3 Å².